The van der Waals surface area contributed by atoms with Gasteiger partial charge in [0.2, 0.25) is 5.91 Å². The number of nitriles is 1. The van der Waals surface area contributed by atoms with Gasteiger partial charge in [-0.25, -0.2) is 9.97 Å². The van der Waals surface area contributed by atoms with Crippen LogP contribution >= 0.6 is 0 Å². The largest absolute Gasteiger partial charge is 0.350 e. The van der Waals surface area contributed by atoms with Crippen LogP contribution in [0, 0.1) is 11.3 Å². The number of rotatable bonds is 1. The van der Waals surface area contributed by atoms with Gasteiger partial charge in [0.05, 0.1) is 0 Å². The van der Waals surface area contributed by atoms with E-state index in [4.69, 9.17) is 5.26 Å². The van der Waals surface area contributed by atoms with Gasteiger partial charge in [0.25, 0.3) is 0 Å². The molecule has 18 heavy (non-hydrogen) atoms. The summed E-state index contributed by atoms with van der Waals surface area (Å²) < 4.78 is 0. The van der Waals surface area contributed by atoms with Crippen molar-refractivity contribution in [1.82, 2.24) is 14.9 Å². The van der Waals surface area contributed by atoms with Gasteiger partial charge in [0.1, 0.15) is 6.07 Å². The van der Waals surface area contributed by atoms with Gasteiger partial charge in [-0.3, -0.25) is 4.79 Å². The molecular weight excluding hydrogens is 230 g/mol. The van der Waals surface area contributed by atoms with Crippen molar-refractivity contribution in [2.45, 2.75) is 18.9 Å². The lowest BCUT2D eigenvalue weighted by atomic mass is 10.1. The van der Waals surface area contributed by atoms with Gasteiger partial charge in [-0.1, -0.05) is 0 Å². The normalized spacial score (nSPS) is 22.8. The molecule has 6 heteroatoms. The lowest BCUT2D eigenvalue weighted by Gasteiger charge is -2.38. The van der Waals surface area contributed by atoms with Crippen LogP contribution in [0.2, 0.25) is 0 Å². The van der Waals surface area contributed by atoms with Gasteiger partial charge in [-0.15, -0.1) is 0 Å². The molecule has 0 aliphatic carbocycles. The topological polar surface area (TPSA) is 73.1 Å². The van der Waals surface area contributed by atoms with Gasteiger partial charge in [0, 0.05) is 44.5 Å². The Balaban J connectivity index is 1.83. The molecule has 2 aliphatic rings. The zero-order valence-corrected chi connectivity index (χ0v) is 9.91. The Bertz CT molecular complexity index is 523. The van der Waals surface area contributed by atoms with E-state index in [-0.39, 0.29) is 11.9 Å². The molecule has 1 atom stereocenters. The van der Waals surface area contributed by atoms with E-state index in [1.54, 1.807) is 6.20 Å². The standard InChI is InChI=1S/C12H13N5O/c13-7-10-12(15-4-3-14-10)16-5-6-17-9(8-16)1-2-11(17)18/h3-4,9H,1-2,5-6,8H2. The first-order valence-electron chi connectivity index (χ1n) is 6.05. The van der Waals surface area contributed by atoms with Crippen molar-refractivity contribution < 1.29 is 4.79 Å². The number of nitrogens with zero attached hydrogens (tertiary/aromatic N) is 5. The molecule has 2 aliphatic heterocycles. The van der Waals surface area contributed by atoms with Crippen LogP contribution in [-0.4, -0.2) is 46.5 Å². The average molecular weight is 243 g/mol. The predicted octanol–water partition coefficient (Wildman–Crippen LogP) is 0.159. The molecule has 1 amide bonds. The van der Waals surface area contributed by atoms with Crippen molar-refractivity contribution in [3.8, 4) is 6.07 Å². The third kappa shape index (κ3) is 1.68. The molecular formula is C12H13N5O. The molecule has 1 aromatic rings. The summed E-state index contributed by atoms with van der Waals surface area (Å²) in [6.07, 6.45) is 4.67. The number of anilines is 1. The fourth-order valence-electron chi connectivity index (χ4n) is 2.70. The zero-order valence-electron chi connectivity index (χ0n) is 9.91. The first-order chi connectivity index (χ1) is 8.79. The number of fused-ring (bicyclic) bond motifs is 1. The number of hydrogen-bond donors (Lipinski definition) is 0. The van der Waals surface area contributed by atoms with Crippen molar-refractivity contribution in [2.75, 3.05) is 24.5 Å². The first-order valence-corrected chi connectivity index (χ1v) is 6.05. The Kier molecular flexibility index (Phi) is 2.59. The Morgan fingerprint density at radius 2 is 2.17 bits per heavy atom. The third-order valence-electron chi connectivity index (χ3n) is 3.58. The van der Waals surface area contributed by atoms with Crippen LogP contribution in [-0.2, 0) is 4.79 Å². The Morgan fingerprint density at radius 3 is 3.00 bits per heavy atom. The molecule has 0 radical (unpaired) electrons. The van der Waals surface area contributed by atoms with E-state index in [0.29, 0.717) is 24.5 Å². The maximum Gasteiger partial charge on any atom is 0.223 e. The van der Waals surface area contributed by atoms with E-state index >= 15 is 0 Å². The van der Waals surface area contributed by atoms with Crippen LogP contribution in [0.15, 0.2) is 12.4 Å². The molecule has 3 rings (SSSR count). The highest BCUT2D eigenvalue weighted by atomic mass is 16.2. The highest BCUT2D eigenvalue weighted by Gasteiger charge is 2.36. The minimum absolute atomic E-state index is 0.249. The highest BCUT2D eigenvalue weighted by Crippen LogP contribution is 2.26. The number of carbonyl (C=O) groups excluding carboxylic acids is 1. The smallest absolute Gasteiger partial charge is 0.223 e. The molecule has 0 spiro atoms. The molecule has 92 valence electrons. The lowest BCUT2D eigenvalue weighted by molar-refractivity contribution is -0.129. The van der Waals surface area contributed by atoms with E-state index < -0.39 is 0 Å². The van der Waals surface area contributed by atoms with Gasteiger partial charge in [-0.2, -0.15) is 5.26 Å². The summed E-state index contributed by atoms with van der Waals surface area (Å²) in [5, 5.41) is 9.03. The summed E-state index contributed by atoms with van der Waals surface area (Å²) in [6, 6.07) is 2.33. The van der Waals surface area contributed by atoms with Crippen LogP contribution in [0.25, 0.3) is 0 Å². The Morgan fingerprint density at radius 1 is 1.33 bits per heavy atom. The second kappa shape index (κ2) is 4.26. The van der Waals surface area contributed by atoms with Crippen molar-refractivity contribution in [3.05, 3.63) is 18.1 Å². The Hall–Kier alpha value is -2.16. The van der Waals surface area contributed by atoms with E-state index in [1.807, 2.05) is 4.90 Å². The molecule has 2 saturated heterocycles. The zero-order chi connectivity index (χ0) is 12.5. The van der Waals surface area contributed by atoms with Crippen molar-refractivity contribution >= 4 is 11.7 Å². The molecule has 0 N–H and O–H groups in total. The summed E-state index contributed by atoms with van der Waals surface area (Å²) in [4.78, 5) is 23.9. The predicted molar refractivity (Wildman–Crippen MR) is 63.7 cm³/mol. The fourth-order valence-corrected chi connectivity index (χ4v) is 2.70. The van der Waals surface area contributed by atoms with Gasteiger partial charge < -0.3 is 9.80 Å². The third-order valence-corrected chi connectivity index (χ3v) is 3.58. The summed E-state index contributed by atoms with van der Waals surface area (Å²) in [5.41, 5.74) is 0.357. The van der Waals surface area contributed by atoms with Gasteiger partial charge in [0.15, 0.2) is 11.5 Å². The summed E-state index contributed by atoms with van der Waals surface area (Å²) >= 11 is 0. The summed E-state index contributed by atoms with van der Waals surface area (Å²) in [6.45, 7) is 2.18. The second-order valence-electron chi connectivity index (χ2n) is 4.57. The number of amides is 1. The maximum atomic E-state index is 11.6. The van der Waals surface area contributed by atoms with Gasteiger partial charge in [-0.05, 0) is 6.42 Å². The molecule has 6 nitrogen and oxygen atoms in total. The Labute approximate surface area is 105 Å². The SMILES string of the molecule is N#Cc1nccnc1N1CCN2C(=O)CCC2C1. The van der Waals surface area contributed by atoms with Crippen LogP contribution in [0.1, 0.15) is 18.5 Å². The van der Waals surface area contributed by atoms with Crippen LogP contribution < -0.4 is 4.90 Å². The second-order valence-corrected chi connectivity index (χ2v) is 4.57. The number of piperazine rings is 1. The van der Waals surface area contributed by atoms with Gasteiger partial charge >= 0.3 is 0 Å². The minimum atomic E-state index is 0.249. The van der Waals surface area contributed by atoms with E-state index in [0.717, 1.165) is 19.5 Å². The van der Waals surface area contributed by atoms with E-state index in [2.05, 4.69) is 20.9 Å². The van der Waals surface area contributed by atoms with Crippen molar-refractivity contribution in [3.63, 3.8) is 0 Å². The molecule has 1 aromatic heterocycles. The van der Waals surface area contributed by atoms with Crippen LogP contribution in [0.5, 0.6) is 0 Å². The number of aromatic nitrogens is 2. The van der Waals surface area contributed by atoms with Crippen LogP contribution in [0.3, 0.4) is 0 Å². The molecule has 1 unspecified atom stereocenters. The maximum absolute atomic E-state index is 11.6. The highest BCUT2D eigenvalue weighted by molar-refractivity contribution is 5.79. The molecule has 0 saturated carbocycles. The fraction of sp³-hybridized carbons (Fsp3) is 0.500. The quantitative estimate of drug-likeness (QED) is 0.702. The summed E-state index contributed by atoms with van der Waals surface area (Å²) in [5.74, 6) is 0.887. The number of hydrogen-bond acceptors (Lipinski definition) is 5. The first kappa shape index (κ1) is 11.0. The van der Waals surface area contributed by atoms with E-state index in [9.17, 15) is 4.79 Å². The summed E-state index contributed by atoms with van der Waals surface area (Å²) in [7, 11) is 0. The average Bonchev–Trinajstić information content (AvgIpc) is 2.80. The molecule has 0 aromatic carbocycles. The number of carbonyl (C=O) groups is 1. The minimum Gasteiger partial charge on any atom is -0.350 e. The lowest BCUT2D eigenvalue weighted by Crippen LogP contribution is -2.52. The van der Waals surface area contributed by atoms with Crippen molar-refractivity contribution in [2.24, 2.45) is 0 Å². The van der Waals surface area contributed by atoms with Crippen molar-refractivity contribution in [1.29, 1.82) is 5.26 Å². The molecule has 2 fully saturated rings. The molecule has 3 heterocycles. The van der Waals surface area contributed by atoms with Crippen LogP contribution in [0.4, 0.5) is 5.82 Å². The monoisotopic (exact) mass is 243 g/mol. The molecule has 0 bridgehead atoms. The van der Waals surface area contributed by atoms with E-state index in [1.165, 1.54) is 6.20 Å².